The molecule has 5 nitrogen and oxygen atoms in total. The van der Waals surface area contributed by atoms with E-state index in [1.54, 1.807) is 42.5 Å². The summed E-state index contributed by atoms with van der Waals surface area (Å²) in [4.78, 5) is 33.4. The zero-order valence-electron chi connectivity index (χ0n) is 15.9. The highest BCUT2D eigenvalue weighted by atomic mass is 79.9. The van der Waals surface area contributed by atoms with Crippen molar-refractivity contribution in [1.82, 2.24) is 0 Å². The van der Waals surface area contributed by atoms with Gasteiger partial charge in [0.05, 0.1) is 21.9 Å². The number of nitrogens with zero attached hydrogens (tertiary/aromatic N) is 2. The standard InChI is InChI=1S/C23H15BrF2N2O3/c24-15-12-13(10-11-16(15)25)20-19-21(31-28(20)14-6-2-1-3-7-14)23(30)27(22(19)29)18-9-5-4-8-17(18)26/h1-12,19-21H/t19-,20-,21+/m0/s1. The van der Waals surface area contributed by atoms with Gasteiger partial charge in [0.2, 0.25) is 5.91 Å². The quantitative estimate of drug-likeness (QED) is 0.502. The maximum atomic E-state index is 14.4. The molecule has 5 rings (SSSR count). The van der Waals surface area contributed by atoms with Crippen LogP contribution in [-0.4, -0.2) is 17.9 Å². The number of hydrogen-bond acceptors (Lipinski definition) is 4. The first-order valence-corrected chi connectivity index (χ1v) is 10.3. The number of imide groups is 1. The summed E-state index contributed by atoms with van der Waals surface area (Å²) >= 11 is 3.18. The van der Waals surface area contributed by atoms with Crippen LogP contribution in [0, 0.1) is 17.6 Å². The van der Waals surface area contributed by atoms with Gasteiger partial charge in [0.15, 0.2) is 6.10 Å². The Kier molecular flexibility index (Phi) is 4.83. The smallest absolute Gasteiger partial charge is 0.266 e. The van der Waals surface area contributed by atoms with E-state index in [2.05, 4.69) is 15.9 Å². The number of benzene rings is 3. The Labute approximate surface area is 184 Å². The summed E-state index contributed by atoms with van der Waals surface area (Å²) < 4.78 is 28.5. The third-order valence-electron chi connectivity index (χ3n) is 5.50. The van der Waals surface area contributed by atoms with E-state index in [0.717, 1.165) is 4.90 Å². The minimum Gasteiger partial charge on any atom is -0.273 e. The summed E-state index contributed by atoms with van der Waals surface area (Å²) in [6, 6.07) is 18.3. The fourth-order valence-electron chi connectivity index (χ4n) is 4.12. The second kappa shape index (κ2) is 7.55. The molecule has 2 fully saturated rings. The molecule has 0 aromatic heterocycles. The van der Waals surface area contributed by atoms with E-state index in [9.17, 15) is 18.4 Å². The fourth-order valence-corrected chi connectivity index (χ4v) is 4.52. The molecule has 0 unspecified atom stereocenters. The van der Waals surface area contributed by atoms with Crippen molar-refractivity contribution < 1.29 is 23.2 Å². The van der Waals surface area contributed by atoms with Crippen molar-refractivity contribution in [2.24, 2.45) is 5.92 Å². The topological polar surface area (TPSA) is 49.9 Å². The summed E-state index contributed by atoms with van der Waals surface area (Å²) in [7, 11) is 0. The Morgan fingerprint density at radius 3 is 2.26 bits per heavy atom. The SMILES string of the molecule is O=C1[C@@H]2[C@@H](ON(c3ccccc3)[C@H]2c2ccc(F)c(Br)c2)C(=O)N1c1ccccc1F. The van der Waals surface area contributed by atoms with Gasteiger partial charge in [0, 0.05) is 0 Å². The summed E-state index contributed by atoms with van der Waals surface area (Å²) in [6.07, 6.45) is -1.12. The molecule has 2 amide bonds. The Balaban J connectivity index is 1.62. The van der Waals surface area contributed by atoms with E-state index in [4.69, 9.17) is 4.84 Å². The van der Waals surface area contributed by atoms with E-state index in [1.807, 2.05) is 6.07 Å². The Bertz CT molecular complexity index is 1190. The average molecular weight is 485 g/mol. The molecule has 0 spiro atoms. The Hall–Kier alpha value is -3.10. The Morgan fingerprint density at radius 1 is 0.839 bits per heavy atom. The maximum Gasteiger partial charge on any atom is 0.266 e. The van der Waals surface area contributed by atoms with Crippen LogP contribution in [0.3, 0.4) is 0 Å². The number of fused-ring (bicyclic) bond motifs is 1. The van der Waals surface area contributed by atoms with Gasteiger partial charge < -0.3 is 0 Å². The van der Waals surface area contributed by atoms with Crippen LogP contribution in [0.1, 0.15) is 11.6 Å². The number of rotatable bonds is 3. The highest BCUT2D eigenvalue weighted by Gasteiger charge is 2.60. The molecule has 2 aliphatic rings. The minimum absolute atomic E-state index is 0.110. The molecule has 0 aliphatic carbocycles. The second-order valence-corrected chi connectivity index (χ2v) is 8.15. The number of amides is 2. The van der Waals surface area contributed by atoms with Crippen LogP contribution in [0.25, 0.3) is 0 Å². The zero-order chi connectivity index (χ0) is 21.7. The molecule has 2 heterocycles. The molecule has 3 atom stereocenters. The molecule has 156 valence electrons. The van der Waals surface area contributed by atoms with Crippen molar-refractivity contribution in [3.63, 3.8) is 0 Å². The van der Waals surface area contributed by atoms with Gasteiger partial charge in [-0.1, -0.05) is 36.4 Å². The van der Waals surface area contributed by atoms with Gasteiger partial charge in [-0.05, 0) is 57.9 Å². The normalized spacial score (nSPS) is 22.9. The summed E-state index contributed by atoms with van der Waals surface area (Å²) in [5, 5.41) is 1.50. The van der Waals surface area contributed by atoms with Gasteiger partial charge in [-0.15, -0.1) is 0 Å². The van der Waals surface area contributed by atoms with Crippen LogP contribution in [0.2, 0.25) is 0 Å². The molecule has 0 N–H and O–H groups in total. The van der Waals surface area contributed by atoms with E-state index < -0.39 is 41.5 Å². The molecule has 2 aliphatic heterocycles. The molecule has 3 aromatic rings. The monoisotopic (exact) mass is 484 g/mol. The molecular weight excluding hydrogens is 470 g/mol. The van der Waals surface area contributed by atoms with E-state index in [-0.39, 0.29) is 10.2 Å². The van der Waals surface area contributed by atoms with Crippen LogP contribution >= 0.6 is 15.9 Å². The van der Waals surface area contributed by atoms with Crippen molar-refractivity contribution in [2.75, 3.05) is 9.96 Å². The zero-order valence-corrected chi connectivity index (χ0v) is 17.5. The first-order valence-electron chi connectivity index (χ1n) is 9.55. The highest BCUT2D eigenvalue weighted by molar-refractivity contribution is 9.10. The van der Waals surface area contributed by atoms with E-state index in [0.29, 0.717) is 11.3 Å². The summed E-state index contributed by atoms with van der Waals surface area (Å²) in [5.41, 5.74) is 1.11. The lowest BCUT2D eigenvalue weighted by Crippen LogP contribution is -2.37. The minimum atomic E-state index is -1.12. The Morgan fingerprint density at radius 2 is 1.55 bits per heavy atom. The molecule has 2 saturated heterocycles. The van der Waals surface area contributed by atoms with E-state index >= 15 is 0 Å². The number of carbonyl (C=O) groups is 2. The predicted molar refractivity (Wildman–Crippen MR) is 113 cm³/mol. The van der Waals surface area contributed by atoms with Crippen molar-refractivity contribution in [2.45, 2.75) is 12.1 Å². The van der Waals surface area contributed by atoms with Crippen molar-refractivity contribution in [3.05, 3.63) is 94.5 Å². The third-order valence-corrected chi connectivity index (χ3v) is 6.11. The number of carbonyl (C=O) groups excluding carboxylic acids is 2. The number of para-hydroxylation sites is 2. The third kappa shape index (κ3) is 3.14. The number of halogens is 3. The lowest BCUT2D eigenvalue weighted by molar-refractivity contribution is -0.126. The maximum absolute atomic E-state index is 14.4. The molecule has 0 saturated carbocycles. The summed E-state index contributed by atoms with van der Waals surface area (Å²) in [5.74, 6) is -3.25. The van der Waals surface area contributed by atoms with Gasteiger partial charge in [0.1, 0.15) is 17.6 Å². The lowest BCUT2D eigenvalue weighted by atomic mass is 9.90. The van der Waals surface area contributed by atoms with Gasteiger partial charge >= 0.3 is 0 Å². The average Bonchev–Trinajstić information content (AvgIpc) is 3.28. The van der Waals surface area contributed by atoms with Gasteiger partial charge in [-0.2, -0.15) is 0 Å². The molecule has 0 bridgehead atoms. The number of hydrogen-bond donors (Lipinski definition) is 0. The molecular formula is C23H15BrF2N2O3. The van der Waals surface area contributed by atoms with Crippen LogP contribution < -0.4 is 9.96 Å². The van der Waals surface area contributed by atoms with Crippen LogP contribution in [0.15, 0.2) is 77.3 Å². The molecule has 31 heavy (non-hydrogen) atoms. The lowest BCUT2D eigenvalue weighted by Gasteiger charge is -2.29. The number of hydroxylamine groups is 1. The van der Waals surface area contributed by atoms with Gasteiger partial charge in [-0.3, -0.25) is 14.4 Å². The van der Waals surface area contributed by atoms with Crippen molar-refractivity contribution in [1.29, 1.82) is 0 Å². The highest BCUT2D eigenvalue weighted by Crippen LogP contribution is 2.48. The van der Waals surface area contributed by atoms with Gasteiger partial charge in [-0.25, -0.2) is 18.7 Å². The first-order chi connectivity index (χ1) is 15.0. The predicted octanol–water partition coefficient (Wildman–Crippen LogP) is 4.78. The van der Waals surface area contributed by atoms with E-state index in [1.165, 1.54) is 29.3 Å². The summed E-state index contributed by atoms with van der Waals surface area (Å²) in [6.45, 7) is 0. The molecule has 0 radical (unpaired) electrons. The largest absolute Gasteiger partial charge is 0.273 e. The first kappa shape index (κ1) is 19.8. The van der Waals surface area contributed by atoms with Crippen LogP contribution in [0.4, 0.5) is 20.2 Å². The van der Waals surface area contributed by atoms with Crippen molar-refractivity contribution >= 4 is 39.1 Å². The molecule has 8 heteroatoms. The second-order valence-electron chi connectivity index (χ2n) is 7.29. The molecule has 3 aromatic carbocycles. The van der Waals surface area contributed by atoms with Crippen LogP contribution in [0.5, 0.6) is 0 Å². The van der Waals surface area contributed by atoms with Gasteiger partial charge in [0.25, 0.3) is 5.91 Å². The number of anilines is 2. The fraction of sp³-hybridized carbons (Fsp3) is 0.130. The van der Waals surface area contributed by atoms with Crippen LogP contribution in [-0.2, 0) is 14.4 Å². The van der Waals surface area contributed by atoms with Crippen molar-refractivity contribution in [3.8, 4) is 0 Å².